The molecule has 12 heteroatoms. The number of nitrogens with two attached hydrogens (primary N) is 1. The summed E-state index contributed by atoms with van der Waals surface area (Å²) in [6.07, 6.45) is -2.71. The molecular weight excluding hydrogens is 397 g/mol. The molecule has 0 aromatic carbocycles. The number of aryl methyl sites for hydroxylation is 1. The minimum atomic E-state index is -4.54. The second-order valence-electron chi connectivity index (χ2n) is 6.57. The van der Waals surface area contributed by atoms with Crippen LogP contribution in [-0.2, 0) is 17.1 Å². The number of halogens is 4. The minimum Gasteiger partial charge on any atom is -0.345 e. The highest BCUT2D eigenvalue weighted by atomic mass is 35.5. The van der Waals surface area contributed by atoms with E-state index < -0.39 is 28.7 Å². The van der Waals surface area contributed by atoms with Gasteiger partial charge in [-0.15, -0.1) is 12.4 Å². The van der Waals surface area contributed by atoms with E-state index in [-0.39, 0.29) is 35.0 Å². The number of hydrogen-bond acceptors (Lipinski definition) is 4. The Hall–Kier alpha value is -1.30. The molecule has 150 valence electrons. The highest BCUT2D eigenvalue weighted by Crippen LogP contribution is 2.32. The number of rotatable bonds is 5. The molecule has 1 aromatic rings. The van der Waals surface area contributed by atoms with Crippen molar-refractivity contribution in [2.45, 2.75) is 24.4 Å². The summed E-state index contributed by atoms with van der Waals surface area (Å²) >= 11 is 0. The molecule has 0 bridgehead atoms. The van der Waals surface area contributed by atoms with Crippen molar-refractivity contribution in [2.24, 2.45) is 18.2 Å². The van der Waals surface area contributed by atoms with E-state index in [2.05, 4.69) is 0 Å². The van der Waals surface area contributed by atoms with E-state index in [1.165, 1.54) is 22.1 Å². The average Bonchev–Trinajstić information content (AvgIpc) is 3.09. The number of aromatic nitrogens is 1. The van der Waals surface area contributed by atoms with E-state index in [0.29, 0.717) is 19.5 Å². The second kappa shape index (κ2) is 7.75. The zero-order valence-electron chi connectivity index (χ0n) is 14.3. The van der Waals surface area contributed by atoms with Crippen LogP contribution in [0.2, 0.25) is 0 Å². The fraction of sp³-hybridized carbons (Fsp3) is 0.643. The molecule has 1 fully saturated rings. The maximum Gasteiger partial charge on any atom is 0.405 e. The van der Waals surface area contributed by atoms with Crippen molar-refractivity contribution in [2.75, 3.05) is 26.2 Å². The maximum absolute atomic E-state index is 12.7. The first-order valence-corrected chi connectivity index (χ1v) is 9.03. The molecule has 0 saturated carbocycles. The molecule has 0 spiro atoms. The summed E-state index contributed by atoms with van der Waals surface area (Å²) in [7, 11) is -2.45. The number of nitrogens with zero attached hydrogens (tertiary/aromatic N) is 2. The molecule has 0 radical (unpaired) electrons. The Bertz CT molecular complexity index is 766. The van der Waals surface area contributed by atoms with E-state index in [1.54, 1.807) is 5.32 Å². The van der Waals surface area contributed by atoms with Gasteiger partial charge in [-0.2, -0.15) is 17.5 Å². The SMILES string of the molecule is Cl.Cn1cc(S(=O)(=O)N2CCC(C)(CN)C2)cc1C(=O)NCC(F)(F)F. The number of nitrogens with one attached hydrogen (secondary N) is 1. The first kappa shape index (κ1) is 22.7. The molecule has 2 heterocycles. The van der Waals surface area contributed by atoms with Crippen molar-refractivity contribution >= 4 is 28.3 Å². The van der Waals surface area contributed by atoms with E-state index in [0.717, 1.165) is 6.07 Å². The van der Waals surface area contributed by atoms with Crippen molar-refractivity contribution < 1.29 is 26.4 Å². The summed E-state index contributed by atoms with van der Waals surface area (Å²) in [6, 6.07) is 1.08. The van der Waals surface area contributed by atoms with Crippen molar-refractivity contribution in [1.29, 1.82) is 0 Å². The number of hydrogen-bond donors (Lipinski definition) is 2. The van der Waals surface area contributed by atoms with Gasteiger partial charge in [0.2, 0.25) is 10.0 Å². The standard InChI is InChI=1S/C14H21F3N4O3S.ClH/c1-13(7-18)3-4-21(9-13)25(23,24)10-5-11(20(2)6-10)12(22)19-8-14(15,16)17;/h5-6H,3-4,7-9,18H2,1-2H3,(H,19,22);1H. The Balaban J connectivity index is 0.00000338. The molecule has 1 unspecified atom stereocenters. The summed E-state index contributed by atoms with van der Waals surface area (Å²) in [5.41, 5.74) is 5.20. The van der Waals surface area contributed by atoms with Crippen molar-refractivity contribution in [1.82, 2.24) is 14.2 Å². The van der Waals surface area contributed by atoms with Crippen LogP contribution >= 0.6 is 12.4 Å². The van der Waals surface area contributed by atoms with Gasteiger partial charge in [0.15, 0.2) is 0 Å². The van der Waals surface area contributed by atoms with Crippen molar-refractivity contribution in [3.63, 3.8) is 0 Å². The Kier molecular flexibility index (Phi) is 6.78. The van der Waals surface area contributed by atoms with Gasteiger partial charge in [0.1, 0.15) is 17.1 Å². The lowest BCUT2D eigenvalue weighted by molar-refractivity contribution is -0.123. The summed E-state index contributed by atoms with van der Waals surface area (Å²) < 4.78 is 64.5. The molecule has 1 atom stereocenters. The van der Waals surface area contributed by atoms with Crippen LogP contribution in [-0.4, -0.2) is 55.6 Å². The van der Waals surface area contributed by atoms with E-state index in [9.17, 15) is 26.4 Å². The summed E-state index contributed by atoms with van der Waals surface area (Å²) in [5.74, 6) is -0.991. The second-order valence-corrected chi connectivity index (χ2v) is 8.51. The lowest BCUT2D eigenvalue weighted by atomic mass is 9.90. The molecule has 1 saturated heterocycles. The first-order chi connectivity index (χ1) is 11.4. The van der Waals surface area contributed by atoms with Crippen LogP contribution in [0, 0.1) is 5.41 Å². The summed E-state index contributed by atoms with van der Waals surface area (Å²) in [6.45, 7) is 1.32. The lowest BCUT2D eigenvalue weighted by Crippen LogP contribution is -2.34. The molecule has 1 aliphatic heterocycles. The van der Waals surface area contributed by atoms with Gasteiger partial charge in [-0.1, -0.05) is 6.92 Å². The number of carbonyl (C=O) groups excluding carboxylic acids is 1. The molecule has 2 rings (SSSR count). The molecule has 1 aliphatic rings. The van der Waals surface area contributed by atoms with Crippen LogP contribution < -0.4 is 11.1 Å². The molecule has 0 aliphatic carbocycles. The van der Waals surface area contributed by atoms with Crippen molar-refractivity contribution in [3.05, 3.63) is 18.0 Å². The van der Waals surface area contributed by atoms with Crippen LogP contribution in [0.15, 0.2) is 17.2 Å². The summed E-state index contributed by atoms with van der Waals surface area (Å²) in [5, 5.41) is 1.73. The average molecular weight is 419 g/mol. The molecule has 26 heavy (non-hydrogen) atoms. The van der Waals surface area contributed by atoms with Gasteiger partial charge in [0.05, 0.1) is 0 Å². The number of carbonyl (C=O) groups is 1. The third-order valence-electron chi connectivity index (χ3n) is 4.32. The predicted octanol–water partition coefficient (Wildman–Crippen LogP) is 1.10. The Morgan fingerprint density at radius 2 is 2.04 bits per heavy atom. The molecule has 1 aromatic heterocycles. The van der Waals surface area contributed by atoms with Gasteiger partial charge in [0, 0.05) is 26.3 Å². The third-order valence-corrected chi connectivity index (χ3v) is 6.13. The number of alkyl halides is 3. The van der Waals surface area contributed by atoms with Crippen LogP contribution in [0.5, 0.6) is 0 Å². The Morgan fingerprint density at radius 3 is 2.54 bits per heavy atom. The van der Waals surface area contributed by atoms with Gasteiger partial charge < -0.3 is 15.6 Å². The smallest absolute Gasteiger partial charge is 0.345 e. The lowest BCUT2D eigenvalue weighted by Gasteiger charge is -2.22. The van der Waals surface area contributed by atoms with Crippen molar-refractivity contribution in [3.8, 4) is 0 Å². The topological polar surface area (TPSA) is 97.4 Å². The van der Waals surface area contributed by atoms with E-state index in [4.69, 9.17) is 5.73 Å². The van der Waals surface area contributed by atoms with E-state index in [1.807, 2.05) is 6.92 Å². The van der Waals surface area contributed by atoms with Gasteiger partial charge in [-0.3, -0.25) is 4.79 Å². The monoisotopic (exact) mass is 418 g/mol. The maximum atomic E-state index is 12.7. The normalized spacial score (nSPS) is 21.5. The van der Waals surface area contributed by atoms with Crippen LogP contribution in [0.4, 0.5) is 13.2 Å². The van der Waals surface area contributed by atoms with Crippen LogP contribution in [0.3, 0.4) is 0 Å². The Labute approximate surface area is 156 Å². The Morgan fingerprint density at radius 1 is 1.42 bits per heavy atom. The minimum absolute atomic E-state index is 0. The van der Waals surface area contributed by atoms with Gasteiger partial charge in [-0.05, 0) is 24.4 Å². The van der Waals surface area contributed by atoms with Crippen LogP contribution in [0.1, 0.15) is 23.8 Å². The quantitative estimate of drug-likeness (QED) is 0.748. The van der Waals surface area contributed by atoms with Crippen LogP contribution in [0.25, 0.3) is 0 Å². The zero-order chi connectivity index (χ0) is 19.0. The van der Waals surface area contributed by atoms with Gasteiger partial charge in [-0.25, -0.2) is 8.42 Å². The largest absolute Gasteiger partial charge is 0.405 e. The predicted molar refractivity (Wildman–Crippen MR) is 91.6 cm³/mol. The third kappa shape index (κ3) is 4.90. The summed E-state index contributed by atoms with van der Waals surface area (Å²) in [4.78, 5) is 11.7. The van der Waals surface area contributed by atoms with Gasteiger partial charge >= 0.3 is 6.18 Å². The van der Waals surface area contributed by atoms with Gasteiger partial charge in [0.25, 0.3) is 5.91 Å². The molecular formula is C14H22ClF3N4O3S. The highest BCUT2D eigenvalue weighted by molar-refractivity contribution is 7.89. The molecule has 3 N–H and O–H groups in total. The number of amides is 1. The molecule has 7 nitrogen and oxygen atoms in total. The fourth-order valence-corrected chi connectivity index (χ4v) is 4.33. The zero-order valence-corrected chi connectivity index (χ0v) is 16.0. The first-order valence-electron chi connectivity index (χ1n) is 7.59. The number of sulfonamides is 1. The van der Waals surface area contributed by atoms with E-state index >= 15 is 0 Å². The highest BCUT2D eigenvalue weighted by Gasteiger charge is 2.39. The fourth-order valence-electron chi connectivity index (χ4n) is 2.67. The molecule has 1 amide bonds.